The van der Waals surface area contributed by atoms with Crippen molar-refractivity contribution in [1.29, 1.82) is 0 Å². The van der Waals surface area contributed by atoms with Gasteiger partial charge in [-0.1, -0.05) is 40.6 Å². The van der Waals surface area contributed by atoms with E-state index in [-0.39, 0.29) is 0 Å². The summed E-state index contributed by atoms with van der Waals surface area (Å²) in [6, 6.07) is 13.8. The Balaban J connectivity index is 1.29. The van der Waals surface area contributed by atoms with E-state index < -0.39 is 0 Å². The number of benzene rings is 2. The second kappa shape index (κ2) is 7.72. The highest BCUT2D eigenvalue weighted by molar-refractivity contribution is 6.30. The molecule has 5 rings (SSSR count). The van der Waals surface area contributed by atoms with E-state index in [1.807, 2.05) is 42.6 Å². The lowest BCUT2D eigenvalue weighted by atomic mass is 10.0. The lowest BCUT2D eigenvalue weighted by molar-refractivity contribution is 0.365. The molecule has 9 heteroatoms. The molecule has 0 aliphatic carbocycles. The molecular weight excluding hydrogens is 402 g/mol. The molecule has 4 aromatic rings. The van der Waals surface area contributed by atoms with E-state index in [1.54, 1.807) is 4.68 Å². The summed E-state index contributed by atoms with van der Waals surface area (Å²) in [5.41, 5.74) is 4.94. The topological polar surface area (TPSA) is 83.5 Å². The summed E-state index contributed by atoms with van der Waals surface area (Å²) in [5.74, 6) is 1.42. The van der Waals surface area contributed by atoms with Crippen molar-refractivity contribution in [3.8, 4) is 5.75 Å². The summed E-state index contributed by atoms with van der Waals surface area (Å²) in [4.78, 5) is 1.51. The Bertz CT molecular complexity index is 1230. The summed E-state index contributed by atoms with van der Waals surface area (Å²) < 4.78 is 7.59. The number of rotatable bonds is 5. The van der Waals surface area contributed by atoms with Gasteiger partial charge < -0.3 is 4.74 Å². The van der Waals surface area contributed by atoms with E-state index in [4.69, 9.17) is 16.3 Å². The Labute approximate surface area is 177 Å². The zero-order valence-electron chi connectivity index (χ0n) is 16.2. The monoisotopic (exact) mass is 419 g/mol. The third-order valence-electron chi connectivity index (χ3n) is 4.77. The molecule has 0 spiro atoms. The van der Waals surface area contributed by atoms with Crippen molar-refractivity contribution >= 4 is 23.3 Å². The first kappa shape index (κ1) is 18.5. The van der Waals surface area contributed by atoms with Gasteiger partial charge in [-0.3, -0.25) is 0 Å². The van der Waals surface area contributed by atoms with Crippen LogP contribution in [0, 0.1) is 6.92 Å². The van der Waals surface area contributed by atoms with Gasteiger partial charge in [-0.2, -0.15) is 4.80 Å². The SMILES string of the molecule is Cc1ccc2c(c1)C=C(c1nnn(Cc3cn(Cc4ccc(Cl)cc4)nn3)n1)CO2. The van der Waals surface area contributed by atoms with Crippen LogP contribution in [0.5, 0.6) is 5.75 Å². The molecule has 0 fully saturated rings. The molecule has 3 heterocycles. The number of fused-ring (bicyclic) bond motifs is 1. The van der Waals surface area contributed by atoms with Gasteiger partial charge in [0, 0.05) is 16.2 Å². The molecule has 0 bridgehead atoms. The largest absolute Gasteiger partial charge is 0.488 e. The standard InChI is InChI=1S/C21H18ClN7O/c1-14-2-7-20-16(8-14)9-17(13-30-20)21-24-27-29(25-21)12-19-11-28(26-23-19)10-15-3-5-18(22)6-4-15/h2-9,11H,10,12-13H2,1H3. The van der Waals surface area contributed by atoms with E-state index >= 15 is 0 Å². The van der Waals surface area contributed by atoms with Crippen LogP contribution >= 0.6 is 11.6 Å². The molecule has 0 saturated heterocycles. The van der Waals surface area contributed by atoms with E-state index in [1.165, 1.54) is 10.4 Å². The van der Waals surface area contributed by atoms with Crippen LogP contribution < -0.4 is 4.74 Å². The molecule has 0 unspecified atom stereocenters. The van der Waals surface area contributed by atoms with E-state index in [2.05, 4.69) is 44.8 Å². The van der Waals surface area contributed by atoms with E-state index in [0.29, 0.717) is 30.5 Å². The molecule has 1 aliphatic heterocycles. The number of hydrogen-bond acceptors (Lipinski definition) is 6. The average Bonchev–Trinajstić information content (AvgIpc) is 3.39. The smallest absolute Gasteiger partial charge is 0.204 e. The molecule has 0 amide bonds. The molecule has 2 aromatic heterocycles. The second-order valence-corrected chi connectivity index (χ2v) is 7.61. The summed E-state index contributed by atoms with van der Waals surface area (Å²) in [5, 5.41) is 21.9. The Morgan fingerprint density at radius 1 is 1.03 bits per heavy atom. The second-order valence-electron chi connectivity index (χ2n) is 7.18. The fourth-order valence-corrected chi connectivity index (χ4v) is 3.40. The van der Waals surface area contributed by atoms with E-state index in [9.17, 15) is 0 Å². The van der Waals surface area contributed by atoms with Crippen LogP contribution in [-0.2, 0) is 13.1 Å². The minimum absolute atomic E-state index is 0.386. The summed E-state index contributed by atoms with van der Waals surface area (Å²) in [6.45, 7) is 3.47. The number of ether oxygens (including phenoxy) is 1. The Morgan fingerprint density at radius 2 is 1.90 bits per heavy atom. The third-order valence-corrected chi connectivity index (χ3v) is 5.02. The van der Waals surface area contributed by atoms with Gasteiger partial charge >= 0.3 is 0 Å². The fourth-order valence-electron chi connectivity index (χ4n) is 3.27. The number of tetrazole rings is 1. The average molecular weight is 420 g/mol. The van der Waals surface area contributed by atoms with Gasteiger partial charge in [-0.15, -0.1) is 15.3 Å². The fraction of sp³-hybridized carbons (Fsp3) is 0.190. The molecule has 0 N–H and O–H groups in total. The Morgan fingerprint density at radius 3 is 2.77 bits per heavy atom. The maximum absolute atomic E-state index is 5.93. The summed E-state index contributed by atoms with van der Waals surface area (Å²) in [6.07, 6.45) is 3.93. The molecule has 0 radical (unpaired) electrons. The lowest BCUT2D eigenvalue weighted by Crippen LogP contribution is -2.09. The Hall–Kier alpha value is -3.52. The van der Waals surface area contributed by atoms with Gasteiger partial charge in [0.05, 0.1) is 12.7 Å². The minimum Gasteiger partial charge on any atom is -0.488 e. The van der Waals surface area contributed by atoms with Crippen LogP contribution in [0.15, 0.2) is 48.7 Å². The highest BCUT2D eigenvalue weighted by atomic mass is 35.5. The van der Waals surface area contributed by atoms with Gasteiger partial charge in [0.15, 0.2) is 0 Å². The molecule has 150 valence electrons. The minimum atomic E-state index is 0.386. The number of hydrogen-bond donors (Lipinski definition) is 0. The van der Waals surface area contributed by atoms with Gasteiger partial charge in [-0.05, 0) is 48.0 Å². The quantitative estimate of drug-likeness (QED) is 0.493. The van der Waals surface area contributed by atoms with Crippen molar-refractivity contribution in [2.24, 2.45) is 0 Å². The molecule has 30 heavy (non-hydrogen) atoms. The molecule has 1 aliphatic rings. The van der Waals surface area contributed by atoms with Crippen molar-refractivity contribution in [1.82, 2.24) is 35.2 Å². The zero-order chi connectivity index (χ0) is 20.5. The first-order valence-corrected chi connectivity index (χ1v) is 9.86. The van der Waals surface area contributed by atoms with Crippen molar-refractivity contribution in [2.75, 3.05) is 6.61 Å². The Kier molecular flexibility index (Phi) is 4.76. The van der Waals surface area contributed by atoms with E-state index in [0.717, 1.165) is 28.1 Å². The van der Waals surface area contributed by atoms with Crippen LogP contribution in [0.1, 0.15) is 28.2 Å². The molecule has 0 saturated carbocycles. The number of aromatic nitrogens is 7. The normalized spacial score (nSPS) is 12.9. The first-order valence-electron chi connectivity index (χ1n) is 9.48. The maximum atomic E-state index is 5.93. The zero-order valence-corrected chi connectivity index (χ0v) is 17.0. The van der Waals surface area contributed by atoms with Crippen LogP contribution in [0.25, 0.3) is 11.6 Å². The number of aryl methyl sites for hydroxylation is 1. The van der Waals surface area contributed by atoms with Crippen LogP contribution in [0.2, 0.25) is 5.02 Å². The lowest BCUT2D eigenvalue weighted by Gasteiger charge is -2.16. The van der Waals surface area contributed by atoms with Gasteiger partial charge in [0.1, 0.15) is 24.6 Å². The van der Waals surface area contributed by atoms with Crippen molar-refractivity contribution < 1.29 is 4.74 Å². The van der Waals surface area contributed by atoms with Gasteiger partial charge in [-0.25, -0.2) is 4.68 Å². The van der Waals surface area contributed by atoms with Crippen LogP contribution in [-0.4, -0.2) is 41.8 Å². The van der Waals surface area contributed by atoms with Crippen LogP contribution in [0.4, 0.5) is 0 Å². The van der Waals surface area contributed by atoms with Crippen LogP contribution in [0.3, 0.4) is 0 Å². The predicted molar refractivity (Wildman–Crippen MR) is 112 cm³/mol. The number of halogens is 1. The first-order chi connectivity index (χ1) is 14.6. The predicted octanol–water partition coefficient (Wildman–Crippen LogP) is 3.26. The number of nitrogens with zero attached hydrogens (tertiary/aromatic N) is 7. The van der Waals surface area contributed by atoms with Crippen molar-refractivity contribution in [3.63, 3.8) is 0 Å². The molecular formula is C21H18ClN7O. The summed E-state index contributed by atoms with van der Waals surface area (Å²) >= 11 is 5.93. The molecule has 2 aromatic carbocycles. The third kappa shape index (κ3) is 3.95. The van der Waals surface area contributed by atoms with Crippen molar-refractivity contribution in [3.05, 3.63) is 81.9 Å². The molecule has 0 atom stereocenters. The highest BCUT2D eigenvalue weighted by Gasteiger charge is 2.17. The van der Waals surface area contributed by atoms with Crippen molar-refractivity contribution in [2.45, 2.75) is 20.0 Å². The highest BCUT2D eigenvalue weighted by Crippen LogP contribution is 2.29. The van der Waals surface area contributed by atoms with Gasteiger partial charge in [0.25, 0.3) is 0 Å². The van der Waals surface area contributed by atoms with Gasteiger partial charge in [0.2, 0.25) is 5.82 Å². The molecule has 8 nitrogen and oxygen atoms in total. The summed E-state index contributed by atoms with van der Waals surface area (Å²) in [7, 11) is 0. The maximum Gasteiger partial charge on any atom is 0.204 e.